The molecule has 19 heavy (non-hydrogen) atoms. The standard InChI is InChI=1S/C14H13BrF2N2/c15-13-7-10(17)4-5-12(13)14(8-18)19-11-3-1-2-9(16)6-11/h1-7,14,19H,8,18H2. The number of hydrogen-bond acceptors (Lipinski definition) is 2. The van der Waals surface area contributed by atoms with Crippen molar-refractivity contribution >= 4 is 21.6 Å². The first-order chi connectivity index (χ1) is 9.10. The fourth-order valence-electron chi connectivity index (χ4n) is 1.83. The van der Waals surface area contributed by atoms with Crippen molar-refractivity contribution in [3.8, 4) is 0 Å². The Hall–Kier alpha value is -1.46. The minimum Gasteiger partial charge on any atom is -0.377 e. The fourth-order valence-corrected chi connectivity index (χ4v) is 2.45. The maximum Gasteiger partial charge on any atom is 0.125 e. The third kappa shape index (κ3) is 3.52. The lowest BCUT2D eigenvalue weighted by Crippen LogP contribution is -2.21. The topological polar surface area (TPSA) is 38.0 Å². The quantitative estimate of drug-likeness (QED) is 0.895. The maximum absolute atomic E-state index is 13.1. The Kier molecular flexibility index (Phi) is 4.50. The Morgan fingerprint density at radius 3 is 2.47 bits per heavy atom. The van der Waals surface area contributed by atoms with Crippen LogP contribution in [0.15, 0.2) is 46.9 Å². The zero-order valence-corrected chi connectivity index (χ0v) is 11.6. The molecule has 100 valence electrons. The monoisotopic (exact) mass is 326 g/mol. The first-order valence-electron chi connectivity index (χ1n) is 5.77. The van der Waals surface area contributed by atoms with Crippen LogP contribution in [-0.2, 0) is 0 Å². The van der Waals surface area contributed by atoms with Crippen molar-refractivity contribution in [1.29, 1.82) is 0 Å². The molecule has 0 radical (unpaired) electrons. The van der Waals surface area contributed by atoms with E-state index >= 15 is 0 Å². The molecule has 5 heteroatoms. The van der Waals surface area contributed by atoms with E-state index < -0.39 is 0 Å². The third-order valence-corrected chi connectivity index (χ3v) is 3.43. The van der Waals surface area contributed by atoms with Crippen LogP contribution in [0.4, 0.5) is 14.5 Å². The predicted molar refractivity (Wildman–Crippen MR) is 75.9 cm³/mol. The van der Waals surface area contributed by atoms with Gasteiger partial charge in [-0.3, -0.25) is 0 Å². The second kappa shape index (κ2) is 6.12. The summed E-state index contributed by atoms with van der Waals surface area (Å²) in [7, 11) is 0. The Bertz CT molecular complexity index is 575. The molecule has 1 atom stereocenters. The second-order valence-corrected chi connectivity index (χ2v) is 4.96. The third-order valence-electron chi connectivity index (χ3n) is 2.74. The Morgan fingerprint density at radius 2 is 1.84 bits per heavy atom. The summed E-state index contributed by atoms with van der Waals surface area (Å²) in [4.78, 5) is 0. The van der Waals surface area contributed by atoms with Crippen LogP contribution in [0.3, 0.4) is 0 Å². The van der Waals surface area contributed by atoms with Gasteiger partial charge in [0.2, 0.25) is 0 Å². The second-order valence-electron chi connectivity index (χ2n) is 4.11. The average molecular weight is 327 g/mol. The molecule has 0 aliphatic carbocycles. The first kappa shape index (κ1) is 14.0. The van der Waals surface area contributed by atoms with Crippen molar-refractivity contribution in [2.45, 2.75) is 6.04 Å². The molecule has 0 amide bonds. The molecule has 1 unspecified atom stereocenters. The van der Waals surface area contributed by atoms with Gasteiger partial charge in [-0.1, -0.05) is 28.1 Å². The van der Waals surface area contributed by atoms with Crippen molar-refractivity contribution in [3.05, 3.63) is 64.1 Å². The SMILES string of the molecule is NCC(Nc1cccc(F)c1)c1ccc(F)cc1Br. The summed E-state index contributed by atoms with van der Waals surface area (Å²) in [5, 5.41) is 3.13. The highest BCUT2D eigenvalue weighted by molar-refractivity contribution is 9.10. The van der Waals surface area contributed by atoms with E-state index in [0.29, 0.717) is 16.7 Å². The van der Waals surface area contributed by atoms with E-state index in [0.717, 1.165) is 5.56 Å². The Morgan fingerprint density at radius 1 is 1.11 bits per heavy atom. The number of nitrogens with one attached hydrogen (secondary N) is 1. The van der Waals surface area contributed by atoms with Crippen LogP contribution < -0.4 is 11.1 Å². The smallest absolute Gasteiger partial charge is 0.125 e. The van der Waals surface area contributed by atoms with E-state index in [2.05, 4.69) is 21.2 Å². The van der Waals surface area contributed by atoms with Crippen molar-refractivity contribution < 1.29 is 8.78 Å². The number of hydrogen-bond donors (Lipinski definition) is 2. The maximum atomic E-state index is 13.1. The molecule has 0 aromatic heterocycles. The molecule has 2 rings (SSSR count). The highest BCUT2D eigenvalue weighted by Gasteiger charge is 2.13. The molecule has 0 saturated heterocycles. The molecule has 0 saturated carbocycles. The predicted octanol–water partition coefficient (Wildman–Crippen LogP) is 3.84. The summed E-state index contributed by atoms with van der Waals surface area (Å²) in [5.41, 5.74) is 7.18. The first-order valence-corrected chi connectivity index (χ1v) is 6.56. The summed E-state index contributed by atoms with van der Waals surface area (Å²) in [6.07, 6.45) is 0. The highest BCUT2D eigenvalue weighted by atomic mass is 79.9. The lowest BCUT2D eigenvalue weighted by molar-refractivity contribution is 0.624. The van der Waals surface area contributed by atoms with Crippen molar-refractivity contribution in [3.63, 3.8) is 0 Å². The van der Waals surface area contributed by atoms with Crippen molar-refractivity contribution in [1.82, 2.24) is 0 Å². The molecule has 0 spiro atoms. The number of nitrogens with two attached hydrogens (primary N) is 1. The van der Waals surface area contributed by atoms with E-state index in [1.54, 1.807) is 18.2 Å². The number of benzene rings is 2. The summed E-state index contributed by atoms with van der Waals surface area (Å²) < 4.78 is 26.8. The van der Waals surface area contributed by atoms with Gasteiger partial charge in [-0.2, -0.15) is 0 Å². The molecule has 0 fully saturated rings. The molecule has 0 heterocycles. The van der Waals surface area contributed by atoms with Gasteiger partial charge >= 0.3 is 0 Å². The minimum absolute atomic E-state index is 0.225. The van der Waals surface area contributed by atoms with Gasteiger partial charge in [-0.05, 0) is 35.9 Å². The molecule has 0 aliphatic rings. The molecule has 2 aromatic carbocycles. The van der Waals surface area contributed by atoms with Crippen LogP contribution in [0, 0.1) is 11.6 Å². The fraction of sp³-hybridized carbons (Fsp3) is 0.143. The molecule has 2 aromatic rings. The Balaban J connectivity index is 2.25. The zero-order chi connectivity index (χ0) is 13.8. The van der Waals surface area contributed by atoms with E-state index in [-0.39, 0.29) is 17.7 Å². The van der Waals surface area contributed by atoms with Gasteiger partial charge in [0.05, 0.1) is 6.04 Å². The van der Waals surface area contributed by atoms with E-state index in [4.69, 9.17) is 5.73 Å². The summed E-state index contributed by atoms with van der Waals surface area (Å²) >= 11 is 3.31. The molecule has 0 aliphatic heterocycles. The molecular formula is C14H13BrF2N2. The Labute approximate surface area is 118 Å². The van der Waals surface area contributed by atoms with E-state index in [1.807, 2.05) is 0 Å². The van der Waals surface area contributed by atoms with E-state index in [9.17, 15) is 8.78 Å². The van der Waals surface area contributed by atoms with Crippen molar-refractivity contribution in [2.24, 2.45) is 5.73 Å². The van der Waals surface area contributed by atoms with Crippen LogP contribution in [0.5, 0.6) is 0 Å². The summed E-state index contributed by atoms with van der Waals surface area (Å²) in [6.45, 7) is 0.306. The van der Waals surface area contributed by atoms with Gasteiger partial charge in [0, 0.05) is 16.7 Å². The van der Waals surface area contributed by atoms with E-state index in [1.165, 1.54) is 24.3 Å². The van der Waals surface area contributed by atoms with Gasteiger partial charge < -0.3 is 11.1 Å². The lowest BCUT2D eigenvalue weighted by Gasteiger charge is -2.20. The average Bonchev–Trinajstić information content (AvgIpc) is 2.37. The number of rotatable bonds is 4. The minimum atomic E-state index is -0.322. The van der Waals surface area contributed by atoms with Gasteiger partial charge in [-0.25, -0.2) is 8.78 Å². The van der Waals surface area contributed by atoms with Crippen LogP contribution in [-0.4, -0.2) is 6.54 Å². The van der Waals surface area contributed by atoms with Gasteiger partial charge in [-0.15, -0.1) is 0 Å². The molecule has 2 nitrogen and oxygen atoms in total. The van der Waals surface area contributed by atoms with Crippen LogP contribution in [0.25, 0.3) is 0 Å². The number of halogens is 3. The van der Waals surface area contributed by atoms with Gasteiger partial charge in [0.1, 0.15) is 11.6 Å². The van der Waals surface area contributed by atoms with Crippen molar-refractivity contribution in [2.75, 3.05) is 11.9 Å². The molecular weight excluding hydrogens is 314 g/mol. The van der Waals surface area contributed by atoms with Crippen LogP contribution in [0.2, 0.25) is 0 Å². The largest absolute Gasteiger partial charge is 0.377 e. The molecule has 0 bridgehead atoms. The number of anilines is 1. The lowest BCUT2D eigenvalue weighted by atomic mass is 10.1. The molecule has 3 N–H and O–H groups in total. The van der Waals surface area contributed by atoms with Crippen LogP contribution in [0.1, 0.15) is 11.6 Å². The summed E-state index contributed by atoms with van der Waals surface area (Å²) in [5.74, 6) is -0.643. The summed E-state index contributed by atoms with van der Waals surface area (Å²) in [6, 6.07) is 10.3. The van der Waals surface area contributed by atoms with Gasteiger partial charge in [0.25, 0.3) is 0 Å². The zero-order valence-electron chi connectivity index (χ0n) is 10.0. The normalized spacial score (nSPS) is 12.2. The highest BCUT2D eigenvalue weighted by Crippen LogP contribution is 2.27. The van der Waals surface area contributed by atoms with Gasteiger partial charge in [0.15, 0.2) is 0 Å². The van der Waals surface area contributed by atoms with Crippen LogP contribution >= 0.6 is 15.9 Å².